The van der Waals surface area contributed by atoms with E-state index in [-0.39, 0.29) is 11.9 Å². The van der Waals surface area contributed by atoms with Gasteiger partial charge in [-0.15, -0.1) is 0 Å². The molecular formula is C11H15BrFN3. The van der Waals surface area contributed by atoms with Crippen LogP contribution in [0.25, 0.3) is 0 Å². The summed E-state index contributed by atoms with van der Waals surface area (Å²) in [5, 5.41) is 2.94. The van der Waals surface area contributed by atoms with Crippen molar-refractivity contribution in [2.45, 2.75) is 26.8 Å². The minimum Gasteiger partial charge on any atom is -0.370 e. The largest absolute Gasteiger partial charge is 0.370 e. The molecule has 5 heteroatoms. The van der Waals surface area contributed by atoms with Gasteiger partial charge in [0.2, 0.25) is 0 Å². The van der Waals surface area contributed by atoms with Gasteiger partial charge in [-0.25, -0.2) is 4.39 Å². The fourth-order valence-electron chi connectivity index (χ4n) is 1.23. The van der Waals surface area contributed by atoms with Crippen molar-refractivity contribution in [3.05, 3.63) is 28.0 Å². The molecule has 3 nitrogen and oxygen atoms in total. The zero-order valence-electron chi connectivity index (χ0n) is 9.51. The lowest BCUT2D eigenvalue weighted by atomic mass is 10.2. The van der Waals surface area contributed by atoms with Crippen molar-refractivity contribution in [3.8, 4) is 0 Å². The molecule has 0 heterocycles. The number of benzene rings is 1. The molecule has 88 valence electrons. The molecule has 1 aromatic rings. The monoisotopic (exact) mass is 287 g/mol. The maximum absolute atomic E-state index is 13.2. The molecule has 1 aromatic carbocycles. The number of nitrogens with zero attached hydrogens (tertiary/aromatic N) is 1. The molecule has 3 N–H and O–H groups in total. The van der Waals surface area contributed by atoms with Gasteiger partial charge >= 0.3 is 0 Å². The summed E-state index contributed by atoms with van der Waals surface area (Å²) in [5.74, 6) is 0.0408. The van der Waals surface area contributed by atoms with Crippen LogP contribution in [0.4, 0.5) is 10.1 Å². The Balaban J connectivity index is 2.94. The Labute approximate surface area is 103 Å². The molecule has 0 radical (unpaired) electrons. The first kappa shape index (κ1) is 13.0. The molecule has 0 saturated carbocycles. The molecule has 0 spiro atoms. The molecule has 0 atom stereocenters. The fourth-order valence-corrected chi connectivity index (χ4v) is 1.57. The Morgan fingerprint density at radius 2 is 2.12 bits per heavy atom. The van der Waals surface area contributed by atoms with E-state index in [9.17, 15) is 4.39 Å². The van der Waals surface area contributed by atoms with Gasteiger partial charge in [0.25, 0.3) is 0 Å². The van der Waals surface area contributed by atoms with Crippen LogP contribution in [0.2, 0.25) is 0 Å². The predicted molar refractivity (Wildman–Crippen MR) is 69.2 cm³/mol. The second-order valence-electron chi connectivity index (χ2n) is 3.81. The third kappa shape index (κ3) is 3.48. The predicted octanol–water partition coefficient (Wildman–Crippen LogP) is 3.03. The molecule has 0 aliphatic rings. The summed E-state index contributed by atoms with van der Waals surface area (Å²) >= 11 is 3.13. The van der Waals surface area contributed by atoms with Crippen LogP contribution in [0.3, 0.4) is 0 Å². The second kappa shape index (κ2) is 5.30. The Kier molecular flexibility index (Phi) is 4.29. The third-order valence-corrected chi connectivity index (χ3v) is 2.54. The van der Waals surface area contributed by atoms with Crippen LogP contribution in [0, 0.1) is 12.7 Å². The smallest absolute Gasteiger partial charge is 0.193 e. The summed E-state index contributed by atoms with van der Waals surface area (Å²) in [6.45, 7) is 5.67. The van der Waals surface area contributed by atoms with E-state index < -0.39 is 0 Å². The van der Waals surface area contributed by atoms with Crippen molar-refractivity contribution in [3.63, 3.8) is 0 Å². The number of halogens is 2. The van der Waals surface area contributed by atoms with Gasteiger partial charge in [0.15, 0.2) is 5.96 Å². The average Bonchev–Trinajstić information content (AvgIpc) is 2.12. The van der Waals surface area contributed by atoms with E-state index in [1.165, 1.54) is 6.07 Å². The maximum Gasteiger partial charge on any atom is 0.193 e. The van der Waals surface area contributed by atoms with E-state index in [0.29, 0.717) is 10.4 Å². The first-order chi connectivity index (χ1) is 7.40. The highest BCUT2D eigenvalue weighted by molar-refractivity contribution is 9.10. The number of hydrogen-bond acceptors (Lipinski definition) is 1. The number of aliphatic imine (C=N–C) groups is 1. The SMILES string of the molecule is Cc1cc(F)c(Br)cc1NC(N)=NC(C)C. The molecule has 0 unspecified atom stereocenters. The second-order valence-corrected chi connectivity index (χ2v) is 4.67. The van der Waals surface area contributed by atoms with Crippen LogP contribution in [-0.4, -0.2) is 12.0 Å². The normalized spacial score (nSPS) is 12.0. The summed E-state index contributed by atoms with van der Waals surface area (Å²) in [6, 6.07) is 3.21. The minimum absolute atomic E-state index is 0.122. The number of anilines is 1. The summed E-state index contributed by atoms with van der Waals surface area (Å²) < 4.78 is 13.6. The molecule has 0 aliphatic heterocycles. The summed E-state index contributed by atoms with van der Waals surface area (Å²) in [5.41, 5.74) is 7.22. The van der Waals surface area contributed by atoms with Crippen LogP contribution in [0.1, 0.15) is 19.4 Å². The number of aryl methyl sites for hydroxylation is 1. The Hall–Kier alpha value is -1.10. The Morgan fingerprint density at radius 3 is 2.69 bits per heavy atom. The number of nitrogens with one attached hydrogen (secondary N) is 1. The zero-order valence-corrected chi connectivity index (χ0v) is 11.1. The lowest BCUT2D eigenvalue weighted by Gasteiger charge is -2.10. The van der Waals surface area contributed by atoms with Gasteiger partial charge in [-0.3, -0.25) is 4.99 Å². The first-order valence-corrected chi connectivity index (χ1v) is 5.75. The van der Waals surface area contributed by atoms with E-state index in [4.69, 9.17) is 5.73 Å². The van der Waals surface area contributed by atoms with Crippen molar-refractivity contribution >= 4 is 27.6 Å². The van der Waals surface area contributed by atoms with Crippen molar-refractivity contribution in [1.29, 1.82) is 0 Å². The topological polar surface area (TPSA) is 50.4 Å². The first-order valence-electron chi connectivity index (χ1n) is 4.96. The van der Waals surface area contributed by atoms with E-state index in [1.54, 1.807) is 13.0 Å². The maximum atomic E-state index is 13.2. The van der Waals surface area contributed by atoms with Gasteiger partial charge < -0.3 is 11.1 Å². The highest BCUT2D eigenvalue weighted by Gasteiger charge is 2.06. The highest BCUT2D eigenvalue weighted by atomic mass is 79.9. The van der Waals surface area contributed by atoms with Gasteiger partial charge in [0, 0.05) is 11.7 Å². The van der Waals surface area contributed by atoms with Gasteiger partial charge in [-0.1, -0.05) is 0 Å². The third-order valence-electron chi connectivity index (χ3n) is 1.93. The molecule has 0 aliphatic carbocycles. The van der Waals surface area contributed by atoms with Gasteiger partial charge in [-0.2, -0.15) is 0 Å². The lowest BCUT2D eigenvalue weighted by Crippen LogP contribution is -2.24. The lowest BCUT2D eigenvalue weighted by molar-refractivity contribution is 0.620. The fraction of sp³-hybridized carbons (Fsp3) is 0.364. The number of nitrogens with two attached hydrogens (primary N) is 1. The van der Waals surface area contributed by atoms with Gasteiger partial charge in [0.05, 0.1) is 4.47 Å². The van der Waals surface area contributed by atoms with Gasteiger partial charge in [0.1, 0.15) is 5.82 Å². The molecular weight excluding hydrogens is 273 g/mol. The van der Waals surface area contributed by atoms with E-state index in [0.717, 1.165) is 11.3 Å². The molecule has 1 rings (SSSR count). The minimum atomic E-state index is -0.289. The average molecular weight is 288 g/mol. The summed E-state index contributed by atoms with van der Waals surface area (Å²) in [6.07, 6.45) is 0. The number of guanidine groups is 1. The molecule has 0 aromatic heterocycles. The quantitative estimate of drug-likeness (QED) is 0.649. The molecule has 0 saturated heterocycles. The van der Waals surface area contributed by atoms with Crippen molar-refractivity contribution in [1.82, 2.24) is 0 Å². The summed E-state index contributed by atoms with van der Waals surface area (Å²) in [4.78, 5) is 4.14. The Bertz CT molecular complexity index is 416. The van der Waals surface area contributed by atoms with E-state index in [1.807, 2.05) is 13.8 Å². The molecule has 0 fully saturated rings. The molecule has 0 amide bonds. The summed E-state index contributed by atoms with van der Waals surface area (Å²) in [7, 11) is 0. The number of rotatable bonds is 2. The molecule has 0 bridgehead atoms. The van der Waals surface area contributed by atoms with E-state index in [2.05, 4.69) is 26.2 Å². The van der Waals surface area contributed by atoms with Crippen molar-refractivity contribution < 1.29 is 4.39 Å². The number of hydrogen-bond donors (Lipinski definition) is 2. The van der Waals surface area contributed by atoms with Gasteiger partial charge in [-0.05, 0) is 54.4 Å². The van der Waals surface area contributed by atoms with Crippen LogP contribution < -0.4 is 11.1 Å². The van der Waals surface area contributed by atoms with Crippen LogP contribution >= 0.6 is 15.9 Å². The van der Waals surface area contributed by atoms with Crippen LogP contribution in [-0.2, 0) is 0 Å². The standard InChI is InChI=1S/C11H15BrFN3/c1-6(2)15-11(14)16-10-5-8(12)9(13)4-7(10)3/h4-6H,1-3H3,(H3,14,15,16). The highest BCUT2D eigenvalue weighted by Crippen LogP contribution is 2.23. The van der Waals surface area contributed by atoms with Crippen molar-refractivity contribution in [2.24, 2.45) is 10.7 Å². The molecule has 16 heavy (non-hydrogen) atoms. The van der Waals surface area contributed by atoms with E-state index >= 15 is 0 Å². The van der Waals surface area contributed by atoms with Crippen LogP contribution in [0.15, 0.2) is 21.6 Å². The Morgan fingerprint density at radius 1 is 1.50 bits per heavy atom. The van der Waals surface area contributed by atoms with Crippen LogP contribution in [0.5, 0.6) is 0 Å². The van der Waals surface area contributed by atoms with Crippen molar-refractivity contribution in [2.75, 3.05) is 5.32 Å². The zero-order chi connectivity index (χ0) is 12.3.